The van der Waals surface area contributed by atoms with E-state index in [2.05, 4.69) is 10.4 Å². The van der Waals surface area contributed by atoms with E-state index in [1.165, 1.54) is 17.0 Å². The van der Waals surface area contributed by atoms with Gasteiger partial charge in [-0.3, -0.25) is 4.79 Å². The van der Waals surface area contributed by atoms with Crippen LogP contribution in [0.2, 0.25) is 5.02 Å². The van der Waals surface area contributed by atoms with Crippen molar-refractivity contribution in [2.24, 2.45) is 0 Å². The second-order valence-corrected chi connectivity index (χ2v) is 8.99. The number of piperazine rings is 1. The van der Waals surface area contributed by atoms with Gasteiger partial charge in [0.15, 0.2) is 11.7 Å². The van der Waals surface area contributed by atoms with E-state index in [0.717, 1.165) is 10.4 Å². The lowest BCUT2D eigenvalue weighted by molar-refractivity contribution is -0.173. The fourth-order valence-electron chi connectivity index (χ4n) is 4.60. The number of rotatable bonds is 3. The quantitative estimate of drug-likeness (QED) is 0.489. The molecule has 11 heteroatoms. The average molecular weight is 508 g/mol. The van der Waals surface area contributed by atoms with E-state index in [4.69, 9.17) is 11.6 Å². The van der Waals surface area contributed by atoms with E-state index in [0.29, 0.717) is 31.7 Å². The summed E-state index contributed by atoms with van der Waals surface area (Å²) in [6, 6.07) is 12.3. The lowest BCUT2D eigenvalue weighted by atomic mass is 9.97. The maximum atomic E-state index is 14.0. The second kappa shape index (κ2) is 9.07. The fraction of sp³-hybridized carbons (Fsp3) is 0.333. The van der Waals surface area contributed by atoms with Crippen LogP contribution in [0.4, 0.5) is 29.1 Å². The third kappa shape index (κ3) is 4.54. The van der Waals surface area contributed by atoms with Crippen LogP contribution in [-0.4, -0.2) is 52.9 Å². The summed E-state index contributed by atoms with van der Waals surface area (Å²) in [5.41, 5.74) is 1.32. The SMILES string of the molecule is O=C(c1nn2c(c1Cl)N[C@H](c1ccccc1)C[C@H]2C(F)(F)F)N1CCN(c2ccc(F)cc2)CC1. The van der Waals surface area contributed by atoms with E-state index in [1.54, 1.807) is 42.5 Å². The van der Waals surface area contributed by atoms with Crippen molar-refractivity contribution in [3.63, 3.8) is 0 Å². The number of alkyl halides is 3. The van der Waals surface area contributed by atoms with Gasteiger partial charge in [0.25, 0.3) is 5.91 Å². The second-order valence-electron chi connectivity index (χ2n) is 8.61. The maximum absolute atomic E-state index is 14.0. The number of benzene rings is 2. The molecule has 3 heterocycles. The zero-order valence-electron chi connectivity index (χ0n) is 18.5. The zero-order chi connectivity index (χ0) is 24.7. The molecule has 2 aliphatic rings. The molecule has 0 saturated carbocycles. The Labute approximate surface area is 204 Å². The Morgan fingerprint density at radius 1 is 1.00 bits per heavy atom. The van der Waals surface area contributed by atoms with Gasteiger partial charge in [0.2, 0.25) is 0 Å². The van der Waals surface area contributed by atoms with E-state index in [9.17, 15) is 22.4 Å². The highest BCUT2D eigenvalue weighted by Gasteiger charge is 2.48. The molecule has 0 aliphatic carbocycles. The minimum absolute atomic E-state index is 0.0117. The van der Waals surface area contributed by atoms with Crippen LogP contribution in [0.1, 0.15) is 34.6 Å². The maximum Gasteiger partial charge on any atom is 0.410 e. The summed E-state index contributed by atoms with van der Waals surface area (Å²) in [4.78, 5) is 16.8. The number of hydrogen-bond acceptors (Lipinski definition) is 4. The van der Waals surface area contributed by atoms with Crippen LogP contribution in [0.15, 0.2) is 54.6 Å². The molecule has 6 nitrogen and oxygen atoms in total. The first-order chi connectivity index (χ1) is 16.7. The highest BCUT2D eigenvalue weighted by atomic mass is 35.5. The van der Waals surface area contributed by atoms with Crippen LogP contribution in [-0.2, 0) is 0 Å². The summed E-state index contributed by atoms with van der Waals surface area (Å²) in [6.45, 7) is 1.64. The van der Waals surface area contributed by atoms with Crippen molar-refractivity contribution < 1.29 is 22.4 Å². The molecular formula is C24H22ClF4N5O. The van der Waals surface area contributed by atoms with Crippen LogP contribution in [0.3, 0.4) is 0 Å². The van der Waals surface area contributed by atoms with Gasteiger partial charge in [-0.1, -0.05) is 41.9 Å². The lowest BCUT2D eigenvalue weighted by Gasteiger charge is -2.35. The summed E-state index contributed by atoms with van der Waals surface area (Å²) >= 11 is 6.46. The van der Waals surface area contributed by atoms with Gasteiger partial charge in [-0.25, -0.2) is 9.07 Å². The predicted octanol–water partition coefficient (Wildman–Crippen LogP) is 5.30. The van der Waals surface area contributed by atoms with Crippen molar-refractivity contribution in [1.29, 1.82) is 0 Å². The first kappa shape index (κ1) is 23.5. The van der Waals surface area contributed by atoms with Gasteiger partial charge in [0.1, 0.15) is 16.7 Å². The first-order valence-corrected chi connectivity index (χ1v) is 11.6. The van der Waals surface area contributed by atoms with Crippen LogP contribution in [0, 0.1) is 5.82 Å². The number of hydrogen-bond donors (Lipinski definition) is 1. The smallest absolute Gasteiger partial charge is 0.368 e. The summed E-state index contributed by atoms with van der Waals surface area (Å²) in [7, 11) is 0. The average Bonchev–Trinajstić information content (AvgIpc) is 3.20. The minimum Gasteiger partial charge on any atom is -0.368 e. The van der Waals surface area contributed by atoms with Gasteiger partial charge in [0.05, 0.1) is 6.04 Å². The molecule has 184 valence electrons. The Morgan fingerprint density at radius 2 is 1.66 bits per heavy atom. The van der Waals surface area contributed by atoms with Crippen molar-refractivity contribution in [2.75, 3.05) is 36.4 Å². The molecule has 1 fully saturated rings. The van der Waals surface area contributed by atoms with Gasteiger partial charge >= 0.3 is 6.18 Å². The van der Waals surface area contributed by atoms with Crippen LogP contribution < -0.4 is 10.2 Å². The largest absolute Gasteiger partial charge is 0.410 e. The molecule has 35 heavy (non-hydrogen) atoms. The van der Waals surface area contributed by atoms with E-state index in [1.807, 2.05) is 4.90 Å². The van der Waals surface area contributed by atoms with Gasteiger partial charge < -0.3 is 15.1 Å². The summed E-state index contributed by atoms with van der Waals surface area (Å²) in [5.74, 6) is -0.863. The number of nitrogens with zero attached hydrogens (tertiary/aromatic N) is 4. The Kier molecular flexibility index (Phi) is 6.08. The Bertz CT molecular complexity index is 1210. The number of anilines is 2. The molecule has 0 bridgehead atoms. The van der Waals surface area contributed by atoms with Crippen molar-refractivity contribution in [2.45, 2.75) is 24.7 Å². The monoisotopic (exact) mass is 507 g/mol. The molecule has 0 spiro atoms. The number of carbonyl (C=O) groups is 1. The van der Waals surface area contributed by atoms with Crippen molar-refractivity contribution in [1.82, 2.24) is 14.7 Å². The molecule has 1 amide bonds. The molecule has 1 N–H and O–H groups in total. The fourth-order valence-corrected chi connectivity index (χ4v) is 4.86. The predicted molar refractivity (Wildman–Crippen MR) is 124 cm³/mol. The van der Waals surface area contributed by atoms with Crippen molar-refractivity contribution >= 4 is 29.0 Å². The highest BCUT2D eigenvalue weighted by molar-refractivity contribution is 6.36. The molecular weight excluding hydrogens is 486 g/mol. The Balaban J connectivity index is 1.38. The molecule has 0 radical (unpaired) electrons. The first-order valence-electron chi connectivity index (χ1n) is 11.2. The summed E-state index contributed by atoms with van der Waals surface area (Å²) < 4.78 is 55.9. The van der Waals surface area contributed by atoms with Gasteiger partial charge in [-0.15, -0.1) is 0 Å². The van der Waals surface area contributed by atoms with E-state index in [-0.39, 0.29) is 28.8 Å². The number of fused-ring (bicyclic) bond motifs is 1. The van der Waals surface area contributed by atoms with Gasteiger partial charge in [-0.05, 0) is 29.8 Å². The molecule has 2 aliphatic heterocycles. The topological polar surface area (TPSA) is 53.4 Å². The molecule has 1 aromatic heterocycles. The molecule has 1 saturated heterocycles. The molecule has 2 aromatic carbocycles. The number of aromatic nitrogens is 2. The Hall–Kier alpha value is -3.27. The normalized spacial score (nSPS) is 20.4. The summed E-state index contributed by atoms with van der Waals surface area (Å²) in [5, 5.41) is 6.98. The molecule has 3 aromatic rings. The van der Waals surface area contributed by atoms with E-state index >= 15 is 0 Å². The summed E-state index contributed by atoms with van der Waals surface area (Å²) in [6.07, 6.45) is -4.84. The molecule has 0 unspecified atom stereocenters. The van der Waals surface area contributed by atoms with E-state index < -0.39 is 24.2 Å². The minimum atomic E-state index is -4.57. The van der Waals surface area contributed by atoms with Crippen LogP contribution in [0.5, 0.6) is 0 Å². The number of halogens is 5. The number of nitrogens with one attached hydrogen (secondary N) is 1. The number of amides is 1. The van der Waals surface area contributed by atoms with Crippen molar-refractivity contribution in [3.05, 3.63) is 76.7 Å². The molecule has 5 rings (SSSR count). The zero-order valence-corrected chi connectivity index (χ0v) is 19.2. The Morgan fingerprint density at radius 3 is 2.29 bits per heavy atom. The highest BCUT2D eigenvalue weighted by Crippen LogP contribution is 2.46. The number of carbonyl (C=O) groups excluding carboxylic acids is 1. The van der Waals surface area contributed by atoms with Crippen LogP contribution >= 0.6 is 11.6 Å². The standard InChI is InChI=1S/C24H22ClF4N5O/c25-20-21(23(35)33-12-10-32(11-13-33)17-8-6-16(26)7-9-17)31-34-19(24(27,28)29)14-18(30-22(20)34)15-4-2-1-3-5-15/h1-9,18-19,30H,10-14H2/t18-,19-/m0/s1. The van der Waals surface area contributed by atoms with Gasteiger partial charge in [-0.2, -0.15) is 18.3 Å². The molecule has 2 atom stereocenters. The van der Waals surface area contributed by atoms with Crippen LogP contribution in [0.25, 0.3) is 0 Å². The van der Waals surface area contributed by atoms with Gasteiger partial charge in [0, 0.05) is 38.3 Å². The third-order valence-corrected chi connectivity index (χ3v) is 6.82. The van der Waals surface area contributed by atoms with Crippen molar-refractivity contribution in [3.8, 4) is 0 Å². The third-order valence-electron chi connectivity index (χ3n) is 6.46. The lowest BCUT2D eigenvalue weighted by Crippen LogP contribution is -2.49.